The Morgan fingerprint density at radius 1 is 1.25 bits per heavy atom. The molecule has 2 rings (SSSR count). The summed E-state index contributed by atoms with van der Waals surface area (Å²) < 4.78 is 0. The van der Waals surface area contributed by atoms with Gasteiger partial charge in [0.2, 0.25) is 5.91 Å². The van der Waals surface area contributed by atoms with E-state index in [4.69, 9.17) is 5.11 Å². The first-order valence-electron chi connectivity index (χ1n) is 6.11. The van der Waals surface area contributed by atoms with E-state index in [0.29, 0.717) is 12.3 Å². The van der Waals surface area contributed by atoms with Crippen LogP contribution in [0.5, 0.6) is 0 Å². The number of hydrogen-bond donors (Lipinski definition) is 2. The molecule has 2 aliphatic rings. The van der Waals surface area contributed by atoms with E-state index in [0.717, 1.165) is 25.7 Å². The van der Waals surface area contributed by atoms with Crippen molar-refractivity contribution in [3.63, 3.8) is 0 Å². The van der Waals surface area contributed by atoms with Crippen molar-refractivity contribution in [2.24, 2.45) is 17.8 Å². The molecule has 4 atom stereocenters. The molecule has 16 heavy (non-hydrogen) atoms. The van der Waals surface area contributed by atoms with Gasteiger partial charge in [-0.2, -0.15) is 0 Å². The molecule has 4 nitrogen and oxygen atoms in total. The molecule has 0 aliphatic heterocycles. The molecule has 0 aromatic rings. The maximum Gasteiger partial charge on any atom is 0.306 e. The van der Waals surface area contributed by atoms with E-state index in [1.807, 2.05) is 0 Å². The highest BCUT2D eigenvalue weighted by atomic mass is 16.4. The van der Waals surface area contributed by atoms with Gasteiger partial charge in [0, 0.05) is 12.0 Å². The average molecular weight is 225 g/mol. The van der Waals surface area contributed by atoms with Crippen molar-refractivity contribution in [2.45, 2.75) is 45.1 Å². The van der Waals surface area contributed by atoms with Gasteiger partial charge in [0.1, 0.15) is 0 Å². The third-order valence-corrected chi connectivity index (χ3v) is 3.82. The number of rotatable bonds is 3. The number of carbonyl (C=O) groups is 2. The average Bonchev–Trinajstić information content (AvgIpc) is 2.96. The van der Waals surface area contributed by atoms with Gasteiger partial charge in [0.05, 0.1) is 5.92 Å². The van der Waals surface area contributed by atoms with Crippen LogP contribution in [0.25, 0.3) is 0 Å². The molecule has 2 N–H and O–H groups in total. The summed E-state index contributed by atoms with van der Waals surface area (Å²) in [6.45, 7) is 2.07. The third-order valence-electron chi connectivity index (χ3n) is 3.82. The van der Waals surface area contributed by atoms with Gasteiger partial charge in [-0.3, -0.25) is 9.59 Å². The summed E-state index contributed by atoms with van der Waals surface area (Å²) in [5.41, 5.74) is 0. The lowest BCUT2D eigenvalue weighted by molar-refractivity contribution is -0.143. The summed E-state index contributed by atoms with van der Waals surface area (Å²) >= 11 is 0. The predicted molar refractivity (Wildman–Crippen MR) is 58.8 cm³/mol. The fourth-order valence-electron chi connectivity index (χ4n) is 2.54. The van der Waals surface area contributed by atoms with Crippen LogP contribution in [-0.2, 0) is 9.59 Å². The molecule has 2 aliphatic carbocycles. The van der Waals surface area contributed by atoms with Crippen LogP contribution in [0.15, 0.2) is 0 Å². The normalized spacial score (nSPS) is 37.8. The van der Waals surface area contributed by atoms with Crippen molar-refractivity contribution in [1.82, 2.24) is 5.32 Å². The highest BCUT2D eigenvalue weighted by Crippen LogP contribution is 2.38. The van der Waals surface area contributed by atoms with E-state index in [9.17, 15) is 9.59 Å². The predicted octanol–water partition coefficient (Wildman–Crippen LogP) is 1.40. The number of hydrogen-bond acceptors (Lipinski definition) is 2. The van der Waals surface area contributed by atoms with Crippen molar-refractivity contribution in [3.05, 3.63) is 0 Å². The standard InChI is InChI=1S/C12H19NO3/c1-7-5-10(7)11(14)13-9-4-2-3-8(6-9)12(15)16/h7-10H,2-6H2,1H3,(H,13,14)(H,15,16). The van der Waals surface area contributed by atoms with Crippen LogP contribution in [-0.4, -0.2) is 23.0 Å². The minimum Gasteiger partial charge on any atom is -0.481 e. The van der Waals surface area contributed by atoms with Gasteiger partial charge in [0.25, 0.3) is 0 Å². The van der Waals surface area contributed by atoms with E-state index in [1.54, 1.807) is 0 Å². The molecular weight excluding hydrogens is 206 g/mol. The van der Waals surface area contributed by atoms with Gasteiger partial charge in [-0.05, 0) is 31.6 Å². The zero-order chi connectivity index (χ0) is 11.7. The van der Waals surface area contributed by atoms with E-state index < -0.39 is 5.97 Å². The summed E-state index contributed by atoms with van der Waals surface area (Å²) in [6.07, 6.45) is 4.17. The van der Waals surface area contributed by atoms with E-state index in [-0.39, 0.29) is 23.8 Å². The van der Waals surface area contributed by atoms with Crippen LogP contribution in [0.4, 0.5) is 0 Å². The van der Waals surface area contributed by atoms with Crippen molar-refractivity contribution >= 4 is 11.9 Å². The lowest BCUT2D eigenvalue weighted by Crippen LogP contribution is -2.40. The smallest absolute Gasteiger partial charge is 0.306 e. The number of carbonyl (C=O) groups excluding carboxylic acids is 1. The van der Waals surface area contributed by atoms with Gasteiger partial charge >= 0.3 is 5.97 Å². The fourth-order valence-corrected chi connectivity index (χ4v) is 2.54. The summed E-state index contributed by atoms with van der Waals surface area (Å²) in [5.74, 6) is -0.165. The summed E-state index contributed by atoms with van der Waals surface area (Å²) in [6, 6.07) is 0.0788. The molecule has 0 radical (unpaired) electrons. The van der Waals surface area contributed by atoms with E-state index >= 15 is 0 Å². The Hall–Kier alpha value is -1.06. The maximum absolute atomic E-state index is 11.7. The quantitative estimate of drug-likeness (QED) is 0.763. The third kappa shape index (κ3) is 2.54. The fraction of sp³-hybridized carbons (Fsp3) is 0.833. The van der Waals surface area contributed by atoms with Gasteiger partial charge in [-0.1, -0.05) is 13.3 Å². The molecule has 1 amide bonds. The topological polar surface area (TPSA) is 66.4 Å². The van der Waals surface area contributed by atoms with Gasteiger partial charge in [0.15, 0.2) is 0 Å². The molecule has 0 aromatic heterocycles. The Kier molecular flexibility index (Phi) is 3.17. The molecule has 4 unspecified atom stereocenters. The first-order chi connectivity index (χ1) is 7.58. The summed E-state index contributed by atoms with van der Waals surface area (Å²) in [5, 5.41) is 11.9. The highest BCUT2D eigenvalue weighted by Gasteiger charge is 2.40. The highest BCUT2D eigenvalue weighted by molar-refractivity contribution is 5.81. The monoisotopic (exact) mass is 225 g/mol. The van der Waals surface area contributed by atoms with Crippen molar-refractivity contribution < 1.29 is 14.7 Å². The van der Waals surface area contributed by atoms with Crippen LogP contribution < -0.4 is 5.32 Å². The van der Waals surface area contributed by atoms with E-state index in [1.165, 1.54) is 0 Å². The number of carboxylic acids is 1. The van der Waals surface area contributed by atoms with Crippen molar-refractivity contribution in [3.8, 4) is 0 Å². The van der Waals surface area contributed by atoms with Crippen LogP contribution in [0.2, 0.25) is 0 Å². The maximum atomic E-state index is 11.7. The Labute approximate surface area is 95.4 Å². The second-order valence-electron chi connectivity index (χ2n) is 5.23. The molecule has 2 fully saturated rings. The van der Waals surface area contributed by atoms with Gasteiger partial charge in [-0.15, -0.1) is 0 Å². The number of amides is 1. The summed E-state index contributed by atoms with van der Waals surface area (Å²) in [7, 11) is 0. The van der Waals surface area contributed by atoms with Crippen molar-refractivity contribution in [2.75, 3.05) is 0 Å². The lowest BCUT2D eigenvalue weighted by atomic mass is 9.85. The first-order valence-corrected chi connectivity index (χ1v) is 6.11. The minimum absolute atomic E-state index is 0.0788. The molecule has 0 bridgehead atoms. The Bertz CT molecular complexity index is 303. The molecule has 90 valence electrons. The lowest BCUT2D eigenvalue weighted by Gasteiger charge is -2.27. The van der Waals surface area contributed by atoms with Gasteiger partial charge in [-0.25, -0.2) is 0 Å². The Morgan fingerprint density at radius 2 is 1.94 bits per heavy atom. The minimum atomic E-state index is -0.723. The SMILES string of the molecule is CC1CC1C(=O)NC1CCCC(C(=O)O)C1. The van der Waals surface area contributed by atoms with Crippen molar-refractivity contribution in [1.29, 1.82) is 0 Å². The molecule has 0 spiro atoms. The number of aliphatic carboxylic acids is 1. The first kappa shape index (κ1) is 11.4. The molecule has 0 heterocycles. The molecule has 2 saturated carbocycles. The largest absolute Gasteiger partial charge is 0.481 e. The van der Waals surface area contributed by atoms with Crippen LogP contribution in [0.3, 0.4) is 0 Å². The van der Waals surface area contributed by atoms with Gasteiger partial charge < -0.3 is 10.4 Å². The summed E-state index contributed by atoms with van der Waals surface area (Å²) in [4.78, 5) is 22.6. The second kappa shape index (κ2) is 4.44. The molecule has 0 aromatic carbocycles. The molecule has 0 saturated heterocycles. The zero-order valence-corrected chi connectivity index (χ0v) is 9.61. The van der Waals surface area contributed by atoms with Crippen LogP contribution >= 0.6 is 0 Å². The molecular formula is C12H19NO3. The van der Waals surface area contributed by atoms with Crippen LogP contribution in [0.1, 0.15) is 39.0 Å². The molecule has 4 heteroatoms. The Morgan fingerprint density at radius 3 is 2.50 bits per heavy atom. The Balaban J connectivity index is 1.81. The second-order valence-corrected chi connectivity index (χ2v) is 5.23. The van der Waals surface area contributed by atoms with E-state index in [2.05, 4.69) is 12.2 Å². The zero-order valence-electron chi connectivity index (χ0n) is 9.61. The number of carboxylic acid groups (broad SMARTS) is 1. The van der Waals surface area contributed by atoms with Crippen LogP contribution in [0, 0.1) is 17.8 Å². The number of nitrogens with one attached hydrogen (secondary N) is 1.